The lowest BCUT2D eigenvalue weighted by atomic mass is 10.1. The van der Waals surface area contributed by atoms with E-state index >= 15 is 0 Å². The lowest BCUT2D eigenvalue weighted by Gasteiger charge is -2.05. The molecule has 0 aliphatic heterocycles. The number of hydrogen-bond donors (Lipinski definition) is 1. The predicted molar refractivity (Wildman–Crippen MR) is 54.7 cm³/mol. The number of ether oxygens (including phenoxy) is 1. The van der Waals surface area contributed by atoms with Crippen LogP contribution >= 0.6 is 0 Å². The van der Waals surface area contributed by atoms with Crippen molar-refractivity contribution in [3.05, 3.63) is 30.0 Å². The number of hydrogen-bond acceptors (Lipinski definition) is 3. The van der Waals surface area contributed by atoms with Crippen molar-refractivity contribution in [3.8, 4) is 11.5 Å². The molecule has 2 aromatic rings. The summed E-state index contributed by atoms with van der Waals surface area (Å²) in [5.41, 5.74) is 1.93. The maximum absolute atomic E-state index is 9.28. The largest absolute Gasteiger partial charge is 0.506 e. The van der Waals surface area contributed by atoms with Crippen LogP contribution in [-0.4, -0.2) is 17.2 Å². The number of rotatable bonds is 1. The molecule has 1 N–H and O–H groups in total. The lowest BCUT2D eigenvalue weighted by molar-refractivity contribution is 0.415. The Hall–Kier alpha value is -1.77. The molecule has 0 saturated carbocycles. The number of pyridine rings is 1. The Morgan fingerprint density at radius 1 is 1.29 bits per heavy atom. The topological polar surface area (TPSA) is 42.4 Å². The van der Waals surface area contributed by atoms with Crippen LogP contribution in [0.2, 0.25) is 0 Å². The molecule has 1 aromatic heterocycles. The molecule has 0 fully saturated rings. The normalized spacial score (nSPS) is 10.4. The highest BCUT2D eigenvalue weighted by molar-refractivity contribution is 5.84. The molecule has 0 aliphatic carbocycles. The van der Waals surface area contributed by atoms with E-state index in [0.29, 0.717) is 0 Å². The smallest absolute Gasteiger partial charge is 0.134 e. The van der Waals surface area contributed by atoms with E-state index < -0.39 is 0 Å². The fraction of sp³-hybridized carbons (Fsp3) is 0.182. The molecule has 1 aromatic carbocycles. The predicted octanol–water partition coefficient (Wildman–Crippen LogP) is 2.26. The molecule has 0 aliphatic rings. The molecule has 0 saturated heterocycles. The summed E-state index contributed by atoms with van der Waals surface area (Å²) in [6, 6.07) is 5.46. The van der Waals surface area contributed by atoms with Crippen LogP contribution in [0.25, 0.3) is 10.9 Å². The molecule has 14 heavy (non-hydrogen) atoms. The molecule has 3 nitrogen and oxygen atoms in total. The van der Waals surface area contributed by atoms with E-state index in [-0.39, 0.29) is 5.75 Å². The zero-order valence-electron chi connectivity index (χ0n) is 8.11. The van der Waals surface area contributed by atoms with E-state index in [1.54, 1.807) is 13.2 Å². The summed E-state index contributed by atoms with van der Waals surface area (Å²) in [4.78, 5) is 4.15. The van der Waals surface area contributed by atoms with E-state index in [1.807, 2.05) is 19.1 Å². The number of aromatic nitrogens is 1. The first-order chi connectivity index (χ1) is 6.70. The van der Waals surface area contributed by atoms with E-state index in [4.69, 9.17) is 4.74 Å². The molecule has 0 bridgehead atoms. The molecule has 0 unspecified atom stereocenters. The summed E-state index contributed by atoms with van der Waals surface area (Å²) in [7, 11) is 1.62. The minimum atomic E-state index is 0.171. The van der Waals surface area contributed by atoms with E-state index in [9.17, 15) is 5.11 Å². The number of aryl methyl sites for hydroxylation is 1. The van der Waals surface area contributed by atoms with Crippen LogP contribution in [0, 0.1) is 6.92 Å². The molecule has 72 valence electrons. The van der Waals surface area contributed by atoms with Crippen molar-refractivity contribution in [2.24, 2.45) is 0 Å². The van der Waals surface area contributed by atoms with Crippen molar-refractivity contribution in [2.45, 2.75) is 6.92 Å². The van der Waals surface area contributed by atoms with Gasteiger partial charge in [0.1, 0.15) is 11.5 Å². The van der Waals surface area contributed by atoms with Crippen LogP contribution in [0.3, 0.4) is 0 Å². The molecule has 3 heteroatoms. The molecule has 1 heterocycles. The second-order valence-electron chi connectivity index (χ2n) is 3.21. The van der Waals surface area contributed by atoms with Crippen LogP contribution in [0.4, 0.5) is 0 Å². The van der Waals surface area contributed by atoms with Gasteiger partial charge in [0.05, 0.1) is 18.8 Å². The number of aromatic hydroxyl groups is 1. The fourth-order valence-electron chi connectivity index (χ4n) is 1.50. The maximum Gasteiger partial charge on any atom is 0.134 e. The number of fused-ring (bicyclic) bond motifs is 1. The van der Waals surface area contributed by atoms with Gasteiger partial charge >= 0.3 is 0 Å². The van der Waals surface area contributed by atoms with Crippen molar-refractivity contribution >= 4 is 10.9 Å². The molecular weight excluding hydrogens is 178 g/mol. The summed E-state index contributed by atoms with van der Waals surface area (Å²) < 4.78 is 5.13. The van der Waals surface area contributed by atoms with Crippen LogP contribution in [0.1, 0.15) is 5.56 Å². The molecule has 0 radical (unpaired) electrons. The van der Waals surface area contributed by atoms with Crippen LogP contribution in [-0.2, 0) is 0 Å². The number of nitrogens with zero attached hydrogens (tertiary/aromatic N) is 1. The summed E-state index contributed by atoms with van der Waals surface area (Å²) in [6.07, 6.45) is 1.45. The SMILES string of the molecule is COc1cc(C)c2ncc(O)cc2c1. The Kier molecular flexibility index (Phi) is 2.00. The number of methoxy groups -OCH3 is 1. The van der Waals surface area contributed by atoms with Gasteiger partial charge in [-0.05, 0) is 30.7 Å². The highest BCUT2D eigenvalue weighted by atomic mass is 16.5. The van der Waals surface area contributed by atoms with Gasteiger partial charge in [-0.3, -0.25) is 4.98 Å². The van der Waals surface area contributed by atoms with Crippen LogP contribution in [0.15, 0.2) is 24.4 Å². The van der Waals surface area contributed by atoms with Crippen molar-refractivity contribution in [1.82, 2.24) is 4.98 Å². The van der Waals surface area contributed by atoms with Gasteiger partial charge in [-0.15, -0.1) is 0 Å². The molecule has 2 rings (SSSR count). The Bertz CT molecular complexity index is 480. The van der Waals surface area contributed by atoms with Gasteiger partial charge in [0.15, 0.2) is 0 Å². The minimum Gasteiger partial charge on any atom is -0.506 e. The Labute approximate surface area is 82.0 Å². The quantitative estimate of drug-likeness (QED) is 0.748. The fourth-order valence-corrected chi connectivity index (χ4v) is 1.50. The first-order valence-electron chi connectivity index (χ1n) is 4.34. The van der Waals surface area contributed by atoms with Gasteiger partial charge in [0, 0.05) is 5.39 Å². The molecule has 0 atom stereocenters. The van der Waals surface area contributed by atoms with Crippen LogP contribution < -0.4 is 4.74 Å². The summed E-state index contributed by atoms with van der Waals surface area (Å²) in [5.74, 6) is 0.951. The summed E-state index contributed by atoms with van der Waals surface area (Å²) in [5, 5.41) is 10.2. The van der Waals surface area contributed by atoms with Gasteiger partial charge in [-0.1, -0.05) is 0 Å². The van der Waals surface area contributed by atoms with Crippen molar-refractivity contribution in [2.75, 3.05) is 7.11 Å². The van der Waals surface area contributed by atoms with Gasteiger partial charge in [0.2, 0.25) is 0 Å². The molecule has 0 spiro atoms. The Morgan fingerprint density at radius 2 is 2.07 bits per heavy atom. The van der Waals surface area contributed by atoms with Crippen molar-refractivity contribution in [1.29, 1.82) is 0 Å². The maximum atomic E-state index is 9.28. The summed E-state index contributed by atoms with van der Waals surface area (Å²) >= 11 is 0. The monoisotopic (exact) mass is 189 g/mol. The average Bonchev–Trinajstić information content (AvgIpc) is 2.16. The minimum absolute atomic E-state index is 0.171. The third-order valence-electron chi connectivity index (χ3n) is 2.17. The third kappa shape index (κ3) is 1.37. The van der Waals surface area contributed by atoms with Crippen molar-refractivity contribution in [3.63, 3.8) is 0 Å². The van der Waals surface area contributed by atoms with Gasteiger partial charge in [-0.2, -0.15) is 0 Å². The first-order valence-corrected chi connectivity index (χ1v) is 4.34. The second kappa shape index (κ2) is 3.18. The molecular formula is C11H11NO2. The number of benzene rings is 1. The Morgan fingerprint density at radius 3 is 2.79 bits per heavy atom. The average molecular weight is 189 g/mol. The zero-order chi connectivity index (χ0) is 10.1. The highest BCUT2D eigenvalue weighted by Gasteiger charge is 2.02. The van der Waals surface area contributed by atoms with Crippen molar-refractivity contribution < 1.29 is 9.84 Å². The van der Waals surface area contributed by atoms with Crippen LogP contribution in [0.5, 0.6) is 11.5 Å². The highest BCUT2D eigenvalue weighted by Crippen LogP contribution is 2.25. The van der Waals surface area contributed by atoms with Gasteiger partial charge < -0.3 is 9.84 Å². The third-order valence-corrected chi connectivity index (χ3v) is 2.17. The standard InChI is InChI=1S/C11H11NO2/c1-7-3-10(14-2)5-8-4-9(13)6-12-11(7)8/h3-6,13H,1-2H3. The van der Waals surface area contributed by atoms with Gasteiger partial charge in [-0.25, -0.2) is 0 Å². The van der Waals surface area contributed by atoms with E-state index in [1.165, 1.54) is 6.20 Å². The van der Waals surface area contributed by atoms with E-state index in [2.05, 4.69) is 4.98 Å². The molecule has 0 amide bonds. The second-order valence-corrected chi connectivity index (χ2v) is 3.21. The summed E-state index contributed by atoms with van der Waals surface area (Å²) in [6.45, 7) is 1.97. The lowest BCUT2D eigenvalue weighted by Crippen LogP contribution is -1.87. The van der Waals surface area contributed by atoms with Gasteiger partial charge in [0.25, 0.3) is 0 Å². The first kappa shape index (κ1) is 8.81. The Balaban J connectivity index is 2.77. The zero-order valence-corrected chi connectivity index (χ0v) is 8.11. The van der Waals surface area contributed by atoms with E-state index in [0.717, 1.165) is 22.2 Å².